The molecule has 0 atom stereocenters. The molecule has 2 aliphatic rings. The zero-order valence-corrected chi connectivity index (χ0v) is 14.4. The van der Waals surface area contributed by atoms with Crippen LogP contribution in [0.3, 0.4) is 0 Å². The molecule has 0 unspecified atom stereocenters. The van der Waals surface area contributed by atoms with Gasteiger partial charge in [0, 0.05) is 17.4 Å². The van der Waals surface area contributed by atoms with Crippen molar-refractivity contribution in [2.24, 2.45) is 15.4 Å². The predicted molar refractivity (Wildman–Crippen MR) is 92.4 cm³/mol. The van der Waals surface area contributed by atoms with Gasteiger partial charge >= 0.3 is 0 Å². The van der Waals surface area contributed by atoms with Gasteiger partial charge in [-0.15, -0.1) is 0 Å². The topological polar surface area (TPSA) is 88.7 Å². The summed E-state index contributed by atoms with van der Waals surface area (Å²) in [4.78, 5) is 32.5. The van der Waals surface area contributed by atoms with Crippen molar-refractivity contribution < 1.29 is 9.59 Å². The molecule has 1 aliphatic heterocycles. The number of carbonyl (C=O) groups is 2. The van der Waals surface area contributed by atoms with Crippen molar-refractivity contribution in [2.45, 2.75) is 46.5 Å². The molecule has 1 N–H and O–H groups in total. The predicted octanol–water partition coefficient (Wildman–Crippen LogP) is 2.51. The maximum atomic E-state index is 12.3. The van der Waals surface area contributed by atoms with Gasteiger partial charge in [0.2, 0.25) is 5.91 Å². The zero-order valence-electron chi connectivity index (χ0n) is 14.4. The number of nitrogens with zero attached hydrogens (tertiary/aromatic N) is 4. The Hall–Kier alpha value is -2.57. The highest BCUT2D eigenvalue weighted by molar-refractivity contribution is 6.27. The van der Waals surface area contributed by atoms with Gasteiger partial charge in [0.1, 0.15) is 5.82 Å². The molecule has 1 aliphatic carbocycles. The molecule has 7 heteroatoms. The third kappa shape index (κ3) is 3.06. The van der Waals surface area contributed by atoms with Gasteiger partial charge in [0.15, 0.2) is 0 Å². The molecule has 1 saturated carbocycles. The fourth-order valence-electron chi connectivity index (χ4n) is 2.17. The monoisotopic (exact) mass is 327 g/mol. The SMILES string of the molecule is C=C1C(=O)N=C(n2nc(C3CC3)cc2NC(=O)C(C)(C)C)N=C1C. The van der Waals surface area contributed by atoms with Gasteiger partial charge in [-0.1, -0.05) is 27.4 Å². The lowest BCUT2D eigenvalue weighted by Crippen LogP contribution is -2.30. The van der Waals surface area contributed by atoms with Crippen molar-refractivity contribution in [3.05, 3.63) is 23.9 Å². The number of anilines is 1. The molecule has 0 spiro atoms. The molecule has 0 bridgehead atoms. The first-order valence-electron chi connectivity index (χ1n) is 7.96. The smallest absolute Gasteiger partial charge is 0.281 e. The lowest BCUT2D eigenvalue weighted by Gasteiger charge is -2.18. The minimum absolute atomic E-state index is 0.140. The highest BCUT2D eigenvalue weighted by Crippen LogP contribution is 2.40. The van der Waals surface area contributed by atoms with E-state index in [-0.39, 0.29) is 17.4 Å². The van der Waals surface area contributed by atoms with Crippen LogP contribution in [0.1, 0.15) is 52.1 Å². The summed E-state index contributed by atoms with van der Waals surface area (Å²) in [5.41, 5.74) is 1.11. The van der Waals surface area contributed by atoms with Crippen LogP contribution in [0.2, 0.25) is 0 Å². The summed E-state index contributed by atoms with van der Waals surface area (Å²) in [6, 6.07) is 1.84. The Labute approximate surface area is 140 Å². The largest absolute Gasteiger partial charge is 0.310 e. The van der Waals surface area contributed by atoms with E-state index in [4.69, 9.17) is 0 Å². The van der Waals surface area contributed by atoms with Crippen molar-refractivity contribution in [1.29, 1.82) is 0 Å². The molecule has 3 rings (SSSR count). The molecule has 2 amide bonds. The maximum Gasteiger partial charge on any atom is 0.281 e. The van der Waals surface area contributed by atoms with Crippen LogP contribution in [0.5, 0.6) is 0 Å². The Morgan fingerprint density at radius 1 is 1.33 bits per heavy atom. The van der Waals surface area contributed by atoms with E-state index < -0.39 is 11.3 Å². The van der Waals surface area contributed by atoms with Crippen LogP contribution in [0.25, 0.3) is 0 Å². The van der Waals surface area contributed by atoms with Crippen LogP contribution in [-0.2, 0) is 9.59 Å². The molecule has 1 aromatic rings. The van der Waals surface area contributed by atoms with Crippen molar-refractivity contribution in [1.82, 2.24) is 9.78 Å². The van der Waals surface area contributed by atoms with Crippen molar-refractivity contribution in [3.63, 3.8) is 0 Å². The van der Waals surface area contributed by atoms with Crippen LogP contribution in [-0.4, -0.2) is 33.3 Å². The summed E-state index contributed by atoms with van der Waals surface area (Å²) >= 11 is 0. The van der Waals surface area contributed by atoms with Gasteiger partial charge in [-0.05, 0) is 19.8 Å². The molecule has 1 aromatic heterocycles. The van der Waals surface area contributed by atoms with Crippen LogP contribution in [0.4, 0.5) is 5.82 Å². The van der Waals surface area contributed by atoms with Gasteiger partial charge in [-0.3, -0.25) is 9.59 Å². The fraction of sp³-hybridized carbons (Fsp3) is 0.471. The number of hydrogen-bond acceptors (Lipinski definition) is 4. The normalized spacial score (nSPS) is 18.3. The van der Waals surface area contributed by atoms with Gasteiger partial charge in [-0.25, -0.2) is 4.99 Å². The van der Waals surface area contributed by atoms with E-state index >= 15 is 0 Å². The number of hydrogen-bond donors (Lipinski definition) is 1. The Balaban J connectivity index is 2.01. The molecule has 126 valence electrons. The first-order chi connectivity index (χ1) is 11.2. The Bertz CT molecular complexity index is 803. The van der Waals surface area contributed by atoms with Gasteiger partial charge < -0.3 is 5.32 Å². The van der Waals surface area contributed by atoms with Crippen LogP contribution in [0.15, 0.2) is 28.2 Å². The summed E-state index contributed by atoms with van der Waals surface area (Å²) in [5.74, 6) is 0.456. The summed E-state index contributed by atoms with van der Waals surface area (Å²) in [5, 5.41) is 7.38. The first-order valence-corrected chi connectivity index (χ1v) is 7.96. The number of aromatic nitrogens is 2. The van der Waals surface area contributed by atoms with E-state index in [2.05, 4.69) is 27.0 Å². The van der Waals surface area contributed by atoms with Crippen molar-refractivity contribution in [2.75, 3.05) is 5.32 Å². The summed E-state index contributed by atoms with van der Waals surface area (Å²) in [6.45, 7) is 10.9. The number of carbonyl (C=O) groups excluding carboxylic acids is 2. The lowest BCUT2D eigenvalue weighted by atomic mass is 9.96. The third-order valence-electron chi connectivity index (χ3n) is 4.00. The van der Waals surface area contributed by atoms with Crippen LogP contribution >= 0.6 is 0 Å². The summed E-state index contributed by atoms with van der Waals surface area (Å²) in [7, 11) is 0. The van der Waals surface area contributed by atoms with Gasteiger partial charge in [-0.2, -0.15) is 14.8 Å². The zero-order chi connectivity index (χ0) is 17.6. The number of aliphatic imine (C=N–C) groups is 2. The molecule has 2 heterocycles. The number of nitrogens with one attached hydrogen (secondary N) is 1. The quantitative estimate of drug-likeness (QED) is 0.846. The highest BCUT2D eigenvalue weighted by Gasteiger charge is 2.31. The molecular formula is C17H21N5O2. The molecule has 7 nitrogen and oxygen atoms in total. The molecule has 1 fully saturated rings. The van der Waals surface area contributed by atoms with Crippen molar-refractivity contribution >= 4 is 29.3 Å². The van der Waals surface area contributed by atoms with Gasteiger partial charge in [0.25, 0.3) is 11.9 Å². The Morgan fingerprint density at radius 2 is 2.00 bits per heavy atom. The average molecular weight is 327 g/mol. The summed E-state index contributed by atoms with van der Waals surface area (Å²) in [6.07, 6.45) is 2.16. The molecule has 24 heavy (non-hydrogen) atoms. The van der Waals surface area contributed by atoms with E-state index in [1.54, 1.807) is 6.92 Å². The number of amides is 2. The molecule has 0 aromatic carbocycles. The summed E-state index contributed by atoms with van der Waals surface area (Å²) < 4.78 is 1.44. The van der Waals surface area contributed by atoms with E-state index in [1.807, 2.05) is 26.8 Å². The standard InChI is InChI=1S/C17H21N5O2/c1-9-10(2)18-16(20-14(9)23)22-13(19-15(24)17(3,4)5)8-12(21-22)11-6-7-11/h8,11H,1,6-7H2,2-5H3,(H,19,24). The third-order valence-corrected chi connectivity index (χ3v) is 4.00. The first kappa shape index (κ1) is 16.3. The van der Waals surface area contributed by atoms with E-state index in [1.165, 1.54) is 4.68 Å². The maximum absolute atomic E-state index is 12.3. The number of rotatable bonds is 2. The van der Waals surface area contributed by atoms with E-state index in [0.717, 1.165) is 18.5 Å². The second kappa shape index (κ2) is 5.51. The van der Waals surface area contributed by atoms with E-state index in [0.29, 0.717) is 17.4 Å². The Morgan fingerprint density at radius 3 is 2.54 bits per heavy atom. The minimum atomic E-state index is -0.549. The fourth-order valence-corrected chi connectivity index (χ4v) is 2.17. The molecular weight excluding hydrogens is 306 g/mol. The Kier molecular flexibility index (Phi) is 3.74. The van der Waals surface area contributed by atoms with Crippen LogP contribution < -0.4 is 5.32 Å². The molecule has 0 radical (unpaired) electrons. The van der Waals surface area contributed by atoms with Crippen molar-refractivity contribution in [3.8, 4) is 0 Å². The van der Waals surface area contributed by atoms with Crippen LogP contribution in [0, 0.1) is 5.41 Å². The lowest BCUT2D eigenvalue weighted by molar-refractivity contribution is -0.123. The van der Waals surface area contributed by atoms with E-state index in [9.17, 15) is 9.59 Å². The molecule has 0 saturated heterocycles. The van der Waals surface area contributed by atoms with Gasteiger partial charge in [0.05, 0.1) is 17.0 Å². The second-order valence-corrected chi connectivity index (χ2v) is 7.24. The second-order valence-electron chi connectivity index (χ2n) is 7.24. The highest BCUT2D eigenvalue weighted by atomic mass is 16.2. The minimum Gasteiger partial charge on any atom is -0.310 e. The average Bonchev–Trinajstić information content (AvgIpc) is 3.25.